The van der Waals surface area contributed by atoms with Gasteiger partial charge in [-0.25, -0.2) is 9.97 Å². The molecule has 2 saturated heterocycles. The zero-order valence-corrected chi connectivity index (χ0v) is 16.0. The maximum absolute atomic E-state index is 13.0. The first-order valence-electron chi connectivity index (χ1n) is 9.30. The van der Waals surface area contributed by atoms with Crippen LogP contribution in [0.3, 0.4) is 0 Å². The molecule has 1 spiro atoms. The molecule has 3 heterocycles. The number of carbonyl (C=O) groups excluding carboxylic acids is 2. The highest BCUT2D eigenvalue weighted by Gasteiger charge is 2.42. The first kappa shape index (κ1) is 18.8. The zero-order valence-electron chi connectivity index (χ0n) is 16.0. The van der Waals surface area contributed by atoms with Gasteiger partial charge in [0, 0.05) is 51.3 Å². The Morgan fingerprint density at radius 3 is 2.85 bits per heavy atom. The number of aryl methyl sites for hydroxylation is 2. The number of nitrogens with zero attached hydrogens (tertiary/aromatic N) is 4. The Morgan fingerprint density at radius 2 is 2.12 bits per heavy atom. The van der Waals surface area contributed by atoms with Crippen molar-refractivity contribution in [2.75, 3.05) is 39.9 Å². The second-order valence-electron chi connectivity index (χ2n) is 7.55. The predicted molar refractivity (Wildman–Crippen MR) is 96.8 cm³/mol. The fraction of sp³-hybridized carbons (Fsp3) is 0.684. The Morgan fingerprint density at radius 1 is 1.31 bits per heavy atom. The van der Waals surface area contributed by atoms with Gasteiger partial charge in [-0.2, -0.15) is 0 Å². The Labute approximate surface area is 154 Å². The summed E-state index contributed by atoms with van der Waals surface area (Å²) in [4.78, 5) is 37.6. The highest BCUT2D eigenvalue weighted by molar-refractivity contribution is 5.95. The Hall–Kier alpha value is -2.02. The Kier molecular flexibility index (Phi) is 5.55. The number of rotatable bonds is 4. The highest BCUT2D eigenvalue weighted by Crippen LogP contribution is 2.39. The van der Waals surface area contributed by atoms with Gasteiger partial charge in [-0.15, -0.1) is 0 Å². The van der Waals surface area contributed by atoms with Crippen molar-refractivity contribution in [1.82, 2.24) is 19.8 Å². The van der Waals surface area contributed by atoms with E-state index in [0.29, 0.717) is 44.0 Å². The van der Waals surface area contributed by atoms with E-state index in [4.69, 9.17) is 4.74 Å². The molecule has 2 aliphatic heterocycles. The molecule has 0 aliphatic carbocycles. The largest absolute Gasteiger partial charge is 0.383 e. The molecular formula is C19H28N4O3. The van der Waals surface area contributed by atoms with Gasteiger partial charge in [0.1, 0.15) is 5.82 Å². The molecule has 0 N–H and O–H groups in total. The third-order valence-electron chi connectivity index (χ3n) is 5.59. The SMILES string of the molecule is COCCN1C[C@]2(CCCN(C(=O)c3cnc(C)nc3C)C2)CCC1=O. The van der Waals surface area contributed by atoms with E-state index in [1.807, 2.05) is 23.6 Å². The monoisotopic (exact) mass is 360 g/mol. The molecule has 2 fully saturated rings. The molecule has 0 aromatic carbocycles. The Balaban J connectivity index is 1.74. The Bertz CT molecular complexity index is 693. The van der Waals surface area contributed by atoms with Crippen LogP contribution in [-0.2, 0) is 9.53 Å². The lowest BCUT2D eigenvalue weighted by molar-refractivity contribution is -0.139. The maximum Gasteiger partial charge on any atom is 0.257 e. The average Bonchev–Trinajstić information content (AvgIpc) is 2.62. The third-order valence-corrected chi connectivity index (χ3v) is 5.59. The molecule has 2 aliphatic rings. The molecule has 1 aromatic rings. The van der Waals surface area contributed by atoms with Crippen molar-refractivity contribution in [2.45, 2.75) is 39.5 Å². The van der Waals surface area contributed by atoms with Crippen LogP contribution >= 0.6 is 0 Å². The van der Waals surface area contributed by atoms with Crippen LogP contribution in [0.1, 0.15) is 47.6 Å². The summed E-state index contributed by atoms with van der Waals surface area (Å²) in [6.45, 7) is 7.00. The van der Waals surface area contributed by atoms with Gasteiger partial charge < -0.3 is 14.5 Å². The number of carbonyl (C=O) groups is 2. The third kappa shape index (κ3) is 3.87. The van der Waals surface area contributed by atoms with E-state index in [9.17, 15) is 9.59 Å². The second kappa shape index (κ2) is 7.70. The second-order valence-corrected chi connectivity index (χ2v) is 7.55. The molecule has 142 valence electrons. The van der Waals surface area contributed by atoms with Gasteiger partial charge >= 0.3 is 0 Å². The number of ether oxygens (including phenoxy) is 1. The fourth-order valence-corrected chi connectivity index (χ4v) is 4.19. The van der Waals surface area contributed by atoms with Crippen molar-refractivity contribution in [3.05, 3.63) is 23.3 Å². The van der Waals surface area contributed by atoms with E-state index in [2.05, 4.69) is 9.97 Å². The van der Waals surface area contributed by atoms with Crippen LogP contribution in [0.15, 0.2) is 6.20 Å². The number of aromatic nitrogens is 2. The average molecular weight is 360 g/mol. The van der Waals surface area contributed by atoms with Crippen molar-refractivity contribution in [1.29, 1.82) is 0 Å². The van der Waals surface area contributed by atoms with Gasteiger partial charge in [0.25, 0.3) is 5.91 Å². The molecule has 1 aromatic heterocycles. The molecule has 0 radical (unpaired) electrons. The topological polar surface area (TPSA) is 75.6 Å². The maximum atomic E-state index is 13.0. The summed E-state index contributed by atoms with van der Waals surface area (Å²) >= 11 is 0. The lowest BCUT2D eigenvalue weighted by atomic mass is 9.73. The normalized spacial score (nSPS) is 23.6. The zero-order chi connectivity index (χ0) is 18.7. The van der Waals surface area contributed by atoms with Crippen LogP contribution < -0.4 is 0 Å². The minimum absolute atomic E-state index is 0.00177. The summed E-state index contributed by atoms with van der Waals surface area (Å²) in [6.07, 6.45) is 5.05. The van der Waals surface area contributed by atoms with Crippen LogP contribution in [0, 0.1) is 19.3 Å². The van der Waals surface area contributed by atoms with Crippen LogP contribution in [-0.4, -0.2) is 71.5 Å². The standard InChI is InChI=1S/C19H28N4O3/c1-14-16(11-20-15(2)21-14)18(25)23-8-4-6-19(13-23)7-5-17(24)22(12-19)9-10-26-3/h11H,4-10,12-13H2,1-3H3/t19-/m0/s1. The summed E-state index contributed by atoms with van der Waals surface area (Å²) in [5.74, 6) is 0.870. The van der Waals surface area contributed by atoms with E-state index in [1.54, 1.807) is 13.3 Å². The number of hydrogen-bond donors (Lipinski definition) is 0. The van der Waals surface area contributed by atoms with Gasteiger partial charge in [0.15, 0.2) is 0 Å². The van der Waals surface area contributed by atoms with E-state index >= 15 is 0 Å². The summed E-state index contributed by atoms with van der Waals surface area (Å²) in [5.41, 5.74) is 1.30. The highest BCUT2D eigenvalue weighted by atomic mass is 16.5. The van der Waals surface area contributed by atoms with Crippen LogP contribution in [0.25, 0.3) is 0 Å². The van der Waals surface area contributed by atoms with Gasteiger partial charge in [0.05, 0.1) is 17.9 Å². The van der Waals surface area contributed by atoms with E-state index in [-0.39, 0.29) is 17.2 Å². The van der Waals surface area contributed by atoms with E-state index in [1.165, 1.54) is 0 Å². The van der Waals surface area contributed by atoms with Gasteiger partial charge in [-0.05, 0) is 33.1 Å². The van der Waals surface area contributed by atoms with Crippen molar-refractivity contribution in [3.8, 4) is 0 Å². The first-order valence-corrected chi connectivity index (χ1v) is 9.30. The predicted octanol–water partition coefficient (Wildman–Crippen LogP) is 1.58. The first-order chi connectivity index (χ1) is 12.4. The van der Waals surface area contributed by atoms with Crippen LogP contribution in [0.5, 0.6) is 0 Å². The quantitative estimate of drug-likeness (QED) is 0.815. The van der Waals surface area contributed by atoms with E-state index in [0.717, 1.165) is 31.5 Å². The molecule has 0 saturated carbocycles. The molecule has 26 heavy (non-hydrogen) atoms. The summed E-state index contributed by atoms with van der Waals surface area (Å²) < 4.78 is 5.14. The summed E-state index contributed by atoms with van der Waals surface area (Å²) in [7, 11) is 1.65. The molecule has 0 unspecified atom stereocenters. The van der Waals surface area contributed by atoms with Crippen LogP contribution in [0.4, 0.5) is 0 Å². The molecule has 3 rings (SSSR count). The van der Waals surface area contributed by atoms with Crippen molar-refractivity contribution in [3.63, 3.8) is 0 Å². The van der Waals surface area contributed by atoms with Gasteiger partial charge in [-0.3, -0.25) is 9.59 Å². The minimum Gasteiger partial charge on any atom is -0.383 e. The summed E-state index contributed by atoms with van der Waals surface area (Å²) in [5, 5.41) is 0. The molecule has 1 atom stereocenters. The molecular weight excluding hydrogens is 332 g/mol. The minimum atomic E-state index is -0.00494. The molecule has 7 heteroatoms. The number of piperidine rings is 2. The van der Waals surface area contributed by atoms with Crippen molar-refractivity contribution >= 4 is 11.8 Å². The van der Waals surface area contributed by atoms with E-state index < -0.39 is 0 Å². The lowest BCUT2D eigenvalue weighted by Gasteiger charge is -2.48. The number of likely N-dealkylation sites (tertiary alicyclic amines) is 2. The lowest BCUT2D eigenvalue weighted by Crippen LogP contribution is -2.55. The molecule has 7 nitrogen and oxygen atoms in total. The fourth-order valence-electron chi connectivity index (χ4n) is 4.19. The number of amides is 2. The van der Waals surface area contributed by atoms with Crippen LogP contribution in [0.2, 0.25) is 0 Å². The molecule has 0 bridgehead atoms. The van der Waals surface area contributed by atoms with Gasteiger partial charge in [-0.1, -0.05) is 0 Å². The number of methoxy groups -OCH3 is 1. The summed E-state index contributed by atoms with van der Waals surface area (Å²) in [6, 6.07) is 0. The van der Waals surface area contributed by atoms with Gasteiger partial charge in [0.2, 0.25) is 5.91 Å². The smallest absolute Gasteiger partial charge is 0.257 e. The molecule has 2 amide bonds. The van der Waals surface area contributed by atoms with Crippen molar-refractivity contribution in [2.24, 2.45) is 5.41 Å². The number of hydrogen-bond acceptors (Lipinski definition) is 5. The van der Waals surface area contributed by atoms with Crippen molar-refractivity contribution < 1.29 is 14.3 Å².